The van der Waals surface area contributed by atoms with Crippen LogP contribution in [0.4, 0.5) is 16.2 Å². The summed E-state index contributed by atoms with van der Waals surface area (Å²) in [6.07, 6.45) is 1.25. The Bertz CT molecular complexity index is 882. The molecule has 0 saturated carbocycles. The largest absolute Gasteiger partial charge is 0.368 e. The molecule has 2 fully saturated rings. The number of anilines is 2. The van der Waals surface area contributed by atoms with Gasteiger partial charge in [0.05, 0.1) is 11.1 Å². The van der Waals surface area contributed by atoms with E-state index in [-0.39, 0.29) is 18.5 Å². The van der Waals surface area contributed by atoms with Crippen molar-refractivity contribution in [3.8, 4) is 0 Å². The van der Waals surface area contributed by atoms with Crippen molar-refractivity contribution in [1.29, 1.82) is 0 Å². The summed E-state index contributed by atoms with van der Waals surface area (Å²) in [5.41, 5.74) is 3.16. The van der Waals surface area contributed by atoms with Crippen LogP contribution >= 0.6 is 23.5 Å². The zero-order chi connectivity index (χ0) is 21.5. The Labute approximate surface area is 192 Å². The molecule has 0 atom stereocenters. The van der Waals surface area contributed by atoms with Crippen LogP contribution in [0, 0.1) is 0 Å². The van der Waals surface area contributed by atoms with Crippen molar-refractivity contribution in [1.82, 2.24) is 10.2 Å². The molecule has 2 aliphatic heterocycles. The molecule has 31 heavy (non-hydrogen) atoms. The molecular formula is C23H28N4O2S2. The van der Waals surface area contributed by atoms with Crippen molar-refractivity contribution in [2.45, 2.75) is 11.0 Å². The topological polar surface area (TPSA) is 64.7 Å². The fourth-order valence-electron chi connectivity index (χ4n) is 3.74. The van der Waals surface area contributed by atoms with Crippen LogP contribution in [-0.4, -0.2) is 61.1 Å². The first-order valence-electron chi connectivity index (χ1n) is 10.6. The molecule has 0 aromatic heterocycles. The van der Waals surface area contributed by atoms with E-state index < -0.39 is 0 Å². The van der Waals surface area contributed by atoms with Crippen molar-refractivity contribution in [2.75, 3.05) is 54.4 Å². The van der Waals surface area contributed by atoms with Gasteiger partial charge >= 0.3 is 6.03 Å². The maximum Gasteiger partial charge on any atom is 0.319 e. The smallest absolute Gasteiger partial charge is 0.319 e. The fourth-order valence-corrected chi connectivity index (χ4v) is 6.61. The van der Waals surface area contributed by atoms with Gasteiger partial charge in [0.15, 0.2) is 0 Å². The average Bonchev–Trinajstić information content (AvgIpc) is 2.84. The molecule has 2 aliphatic rings. The first-order chi connectivity index (χ1) is 15.2. The zero-order valence-electron chi connectivity index (χ0n) is 17.5. The van der Waals surface area contributed by atoms with Crippen molar-refractivity contribution in [2.24, 2.45) is 0 Å². The molecule has 2 heterocycles. The number of carbonyl (C=O) groups is 2. The third-order valence-electron chi connectivity index (χ3n) is 5.40. The molecule has 0 spiro atoms. The van der Waals surface area contributed by atoms with E-state index in [0.29, 0.717) is 17.7 Å². The lowest BCUT2D eigenvalue weighted by Crippen LogP contribution is -2.51. The maximum atomic E-state index is 12.5. The number of thioether (sulfide) groups is 2. The number of hydrogen-bond donors (Lipinski definition) is 2. The van der Waals surface area contributed by atoms with Crippen molar-refractivity contribution >= 4 is 46.8 Å². The molecule has 2 aromatic rings. The van der Waals surface area contributed by atoms with Gasteiger partial charge in [0.25, 0.3) is 0 Å². The summed E-state index contributed by atoms with van der Waals surface area (Å²) in [5.74, 6) is 2.31. The highest BCUT2D eigenvalue weighted by atomic mass is 32.2. The monoisotopic (exact) mass is 456 g/mol. The fraction of sp³-hybridized carbons (Fsp3) is 0.391. The Morgan fingerprint density at radius 1 is 0.935 bits per heavy atom. The second kappa shape index (κ2) is 10.8. The lowest BCUT2D eigenvalue weighted by Gasteiger charge is -2.36. The van der Waals surface area contributed by atoms with Gasteiger partial charge in [-0.2, -0.15) is 0 Å². The standard InChI is InChI=1S/C23H28N4O2S2/c28-21(27-12-10-26(11-13-27)20-8-2-1-3-9-20)17-24-23(29)25-19-7-4-6-18(16-19)22-30-14-5-15-31-22/h1-4,6-9,16,22H,5,10-15,17H2,(H2,24,25,29). The summed E-state index contributed by atoms with van der Waals surface area (Å²) in [7, 11) is 0. The molecule has 164 valence electrons. The first-order valence-corrected chi connectivity index (χ1v) is 12.7. The van der Waals surface area contributed by atoms with E-state index in [0.717, 1.165) is 18.8 Å². The van der Waals surface area contributed by atoms with Crippen LogP contribution in [0.15, 0.2) is 54.6 Å². The average molecular weight is 457 g/mol. The molecule has 0 aliphatic carbocycles. The third-order valence-corrected chi connectivity index (χ3v) is 8.41. The molecule has 2 N–H and O–H groups in total. The normalized spacial score (nSPS) is 17.3. The van der Waals surface area contributed by atoms with Crippen LogP contribution in [0.5, 0.6) is 0 Å². The lowest BCUT2D eigenvalue weighted by molar-refractivity contribution is -0.130. The summed E-state index contributed by atoms with van der Waals surface area (Å²) in [6.45, 7) is 2.93. The van der Waals surface area contributed by atoms with E-state index in [1.54, 1.807) is 0 Å². The Kier molecular flexibility index (Phi) is 7.64. The van der Waals surface area contributed by atoms with Gasteiger partial charge in [-0.3, -0.25) is 4.79 Å². The van der Waals surface area contributed by atoms with Crippen LogP contribution in [0.2, 0.25) is 0 Å². The molecule has 0 radical (unpaired) electrons. The minimum Gasteiger partial charge on any atom is -0.368 e. The van der Waals surface area contributed by atoms with Gasteiger partial charge in [-0.1, -0.05) is 30.3 Å². The number of piperazine rings is 1. The number of rotatable bonds is 5. The predicted octanol–water partition coefficient (Wildman–Crippen LogP) is 4.03. The Morgan fingerprint density at radius 3 is 2.42 bits per heavy atom. The molecule has 3 amide bonds. The van der Waals surface area contributed by atoms with E-state index in [4.69, 9.17) is 0 Å². The second-order valence-corrected chi connectivity index (χ2v) is 10.3. The van der Waals surface area contributed by atoms with Gasteiger partial charge in [0.2, 0.25) is 5.91 Å². The van der Waals surface area contributed by atoms with Crippen LogP contribution in [0.25, 0.3) is 0 Å². The van der Waals surface area contributed by atoms with E-state index >= 15 is 0 Å². The zero-order valence-corrected chi connectivity index (χ0v) is 19.1. The number of urea groups is 1. The molecule has 2 saturated heterocycles. The van der Waals surface area contributed by atoms with Crippen molar-refractivity contribution < 1.29 is 9.59 Å². The molecule has 8 heteroatoms. The number of para-hydroxylation sites is 1. The van der Waals surface area contributed by atoms with Crippen LogP contribution < -0.4 is 15.5 Å². The highest BCUT2D eigenvalue weighted by molar-refractivity contribution is 8.16. The summed E-state index contributed by atoms with van der Waals surface area (Å²) < 4.78 is 0.426. The SMILES string of the molecule is O=C(NCC(=O)N1CCN(c2ccccc2)CC1)Nc1cccc(C2SCCCS2)c1. The number of amides is 3. The van der Waals surface area contributed by atoms with E-state index in [2.05, 4.69) is 33.7 Å². The summed E-state index contributed by atoms with van der Waals surface area (Å²) in [5, 5.41) is 5.57. The van der Waals surface area contributed by atoms with E-state index in [1.165, 1.54) is 29.2 Å². The number of benzene rings is 2. The van der Waals surface area contributed by atoms with Crippen LogP contribution in [-0.2, 0) is 4.79 Å². The molecule has 0 unspecified atom stereocenters. The van der Waals surface area contributed by atoms with E-state index in [1.807, 2.05) is 64.8 Å². The van der Waals surface area contributed by atoms with Gasteiger partial charge in [-0.25, -0.2) is 4.79 Å². The van der Waals surface area contributed by atoms with Crippen molar-refractivity contribution in [3.05, 3.63) is 60.2 Å². The Balaban J connectivity index is 1.21. The van der Waals surface area contributed by atoms with Gasteiger partial charge in [0, 0.05) is 37.6 Å². The van der Waals surface area contributed by atoms with Gasteiger partial charge in [0.1, 0.15) is 0 Å². The quantitative estimate of drug-likeness (QED) is 0.711. The third kappa shape index (κ3) is 6.11. The Morgan fingerprint density at radius 2 is 1.68 bits per heavy atom. The molecule has 4 rings (SSSR count). The highest BCUT2D eigenvalue weighted by Gasteiger charge is 2.21. The maximum absolute atomic E-state index is 12.5. The number of nitrogens with one attached hydrogen (secondary N) is 2. The van der Waals surface area contributed by atoms with Gasteiger partial charge < -0.3 is 20.4 Å². The predicted molar refractivity (Wildman–Crippen MR) is 131 cm³/mol. The number of hydrogen-bond acceptors (Lipinski definition) is 5. The Hall–Kier alpha value is -2.32. The minimum absolute atomic E-state index is 0.00515. The minimum atomic E-state index is -0.350. The molecular weight excluding hydrogens is 428 g/mol. The summed E-state index contributed by atoms with van der Waals surface area (Å²) >= 11 is 3.91. The van der Waals surface area contributed by atoms with Gasteiger partial charge in [-0.15, -0.1) is 23.5 Å². The van der Waals surface area contributed by atoms with Crippen LogP contribution in [0.1, 0.15) is 16.6 Å². The van der Waals surface area contributed by atoms with Crippen LogP contribution in [0.3, 0.4) is 0 Å². The second-order valence-electron chi connectivity index (χ2n) is 7.56. The first kappa shape index (κ1) is 21.9. The molecule has 6 nitrogen and oxygen atoms in total. The van der Waals surface area contributed by atoms with Gasteiger partial charge in [-0.05, 0) is 47.8 Å². The highest BCUT2D eigenvalue weighted by Crippen LogP contribution is 2.44. The number of nitrogens with zero attached hydrogens (tertiary/aromatic N) is 2. The summed E-state index contributed by atoms with van der Waals surface area (Å²) in [4.78, 5) is 28.9. The van der Waals surface area contributed by atoms with E-state index in [9.17, 15) is 9.59 Å². The molecule has 2 aromatic carbocycles. The summed E-state index contributed by atoms with van der Waals surface area (Å²) in [6, 6.07) is 17.9. The number of carbonyl (C=O) groups excluding carboxylic acids is 2. The molecule has 0 bridgehead atoms. The lowest BCUT2D eigenvalue weighted by atomic mass is 10.2. The van der Waals surface area contributed by atoms with Crippen molar-refractivity contribution in [3.63, 3.8) is 0 Å².